The smallest absolute Gasteiger partial charge is 0.380 e. The minimum absolute atomic E-state index is 0.0873. The molecule has 4 nitrogen and oxygen atoms in total. The predicted octanol–water partition coefficient (Wildman–Crippen LogP) is 8.88. The third-order valence-corrected chi connectivity index (χ3v) is 7.55. The van der Waals surface area contributed by atoms with Gasteiger partial charge < -0.3 is 10.4 Å². The van der Waals surface area contributed by atoms with E-state index in [-0.39, 0.29) is 29.6 Å². The van der Waals surface area contributed by atoms with Crippen LogP contribution < -0.4 is 5.32 Å². The first-order valence-electron chi connectivity index (χ1n) is 13.2. The first kappa shape index (κ1) is 36.0. The Bertz CT molecular complexity index is 980. The molecule has 0 unspecified atom stereocenters. The maximum absolute atomic E-state index is 13.6. The van der Waals surface area contributed by atoms with Crippen molar-refractivity contribution in [3.63, 3.8) is 0 Å². The Hall–Kier alpha value is -2.07. The number of aliphatic hydroxyl groups is 1. The molecule has 1 aromatic carbocycles. The van der Waals surface area contributed by atoms with Gasteiger partial charge >= 0.3 is 17.4 Å². The van der Waals surface area contributed by atoms with Crippen molar-refractivity contribution in [1.82, 2.24) is 0 Å². The number of unbranched alkanes of at least 4 members (excludes halogenated alkanes) is 8. The molecule has 2 N–H and O–H groups in total. The summed E-state index contributed by atoms with van der Waals surface area (Å²) < 4.78 is 107. The van der Waals surface area contributed by atoms with E-state index in [1.54, 1.807) is 0 Å². The number of nitrogens with zero attached hydrogens (tertiary/aromatic N) is 1. The van der Waals surface area contributed by atoms with Gasteiger partial charge in [0.05, 0.1) is 17.2 Å². The van der Waals surface area contributed by atoms with E-state index in [2.05, 4.69) is 5.32 Å². The van der Waals surface area contributed by atoms with Crippen LogP contribution in [-0.4, -0.2) is 39.7 Å². The van der Waals surface area contributed by atoms with E-state index in [4.69, 9.17) is 5.26 Å². The Morgan fingerprint density at radius 1 is 0.975 bits per heavy atom. The number of alkyl halides is 8. The molecular formula is C27H36F8N2O2S. The van der Waals surface area contributed by atoms with Crippen molar-refractivity contribution in [3.05, 3.63) is 29.3 Å². The molecule has 0 saturated carbocycles. The Labute approximate surface area is 233 Å². The molecule has 1 rings (SSSR count). The summed E-state index contributed by atoms with van der Waals surface area (Å²) in [5.74, 6) is -5.75. The maximum Gasteiger partial charge on any atom is 0.417 e. The number of benzene rings is 1. The molecule has 13 heteroatoms. The number of nitrogens with one attached hydrogen (secondary N) is 1. The standard InChI is InChI=1S/C27H36F8N2O2S/c1-3-22(28)25(29,30)27(34,35)40-16-12-10-8-6-4-5-7-9-11-15-24(2,39)23(38)37-20-14-13-19(18-36)21(17-20)26(31,32)33/h13-14,17,22,39H,3-12,15-16H2,1-2H3,(H,37,38)/t22-,24-/m0/s1. The number of hydrogen-bond acceptors (Lipinski definition) is 4. The highest BCUT2D eigenvalue weighted by atomic mass is 32.2. The summed E-state index contributed by atoms with van der Waals surface area (Å²) in [4.78, 5) is 12.4. The highest BCUT2D eigenvalue weighted by Gasteiger charge is 2.61. The number of anilines is 1. The van der Waals surface area contributed by atoms with Crippen LogP contribution in [-0.2, 0) is 11.0 Å². The van der Waals surface area contributed by atoms with Crippen molar-refractivity contribution in [1.29, 1.82) is 5.26 Å². The average molecular weight is 605 g/mol. The Balaban J connectivity index is 2.24. The number of carbonyl (C=O) groups excluding carboxylic acids is 1. The fourth-order valence-electron chi connectivity index (χ4n) is 3.88. The van der Waals surface area contributed by atoms with Crippen molar-refractivity contribution in [3.8, 4) is 6.07 Å². The summed E-state index contributed by atoms with van der Waals surface area (Å²) >= 11 is -0.215. The molecule has 1 amide bonds. The zero-order valence-corrected chi connectivity index (χ0v) is 23.3. The quantitative estimate of drug-likeness (QED) is 0.130. The van der Waals surface area contributed by atoms with E-state index in [0.717, 1.165) is 51.2 Å². The lowest BCUT2D eigenvalue weighted by Crippen LogP contribution is -2.45. The Morgan fingerprint density at radius 2 is 1.50 bits per heavy atom. The molecule has 0 saturated heterocycles. The first-order valence-corrected chi connectivity index (χ1v) is 14.2. The zero-order valence-electron chi connectivity index (χ0n) is 22.5. The number of halogens is 8. The van der Waals surface area contributed by atoms with Gasteiger partial charge in [0.1, 0.15) is 5.60 Å². The molecule has 0 aromatic heterocycles. The number of amides is 1. The van der Waals surface area contributed by atoms with Gasteiger partial charge in [-0.05, 0) is 50.1 Å². The maximum atomic E-state index is 13.6. The number of thioether (sulfide) groups is 1. The topological polar surface area (TPSA) is 73.1 Å². The van der Waals surface area contributed by atoms with Crippen molar-refractivity contribution in [2.24, 2.45) is 0 Å². The summed E-state index contributed by atoms with van der Waals surface area (Å²) in [7, 11) is 0. The lowest BCUT2D eigenvalue weighted by molar-refractivity contribution is -0.190. The SMILES string of the molecule is CC[C@H](F)C(F)(F)C(F)(F)SCCCCCCCCCCC[C@](C)(O)C(=O)Nc1ccc(C#N)c(C(F)(F)F)c1. The highest BCUT2D eigenvalue weighted by Crippen LogP contribution is 2.47. The van der Waals surface area contributed by atoms with Gasteiger partial charge in [-0.15, -0.1) is 0 Å². The fraction of sp³-hybridized carbons (Fsp3) is 0.704. The third-order valence-electron chi connectivity index (χ3n) is 6.42. The summed E-state index contributed by atoms with van der Waals surface area (Å²) in [6, 6.07) is 4.20. The van der Waals surface area contributed by atoms with Gasteiger partial charge in [-0.3, -0.25) is 4.79 Å². The van der Waals surface area contributed by atoms with Gasteiger partial charge in [-0.25, -0.2) is 4.39 Å². The molecule has 0 aliphatic heterocycles. The van der Waals surface area contributed by atoms with Gasteiger partial charge in [0.25, 0.3) is 5.91 Å². The molecule has 1 aromatic rings. The number of nitriles is 1. The van der Waals surface area contributed by atoms with Crippen LogP contribution in [0.15, 0.2) is 18.2 Å². The molecule has 2 atom stereocenters. The van der Waals surface area contributed by atoms with Crippen LogP contribution in [0.3, 0.4) is 0 Å². The second-order valence-corrected chi connectivity index (χ2v) is 11.1. The van der Waals surface area contributed by atoms with Crippen molar-refractivity contribution in [2.45, 2.75) is 114 Å². The van der Waals surface area contributed by atoms with Crippen LogP contribution in [0, 0.1) is 11.3 Å². The summed E-state index contributed by atoms with van der Waals surface area (Å²) in [6.07, 6.45) is -2.08. The van der Waals surface area contributed by atoms with Crippen LogP contribution >= 0.6 is 11.8 Å². The second kappa shape index (κ2) is 15.8. The Kier molecular flexibility index (Phi) is 14.2. The van der Waals surface area contributed by atoms with E-state index in [1.165, 1.54) is 13.0 Å². The van der Waals surface area contributed by atoms with E-state index >= 15 is 0 Å². The highest BCUT2D eigenvalue weighted by molar-refractivity contribution is 8.00. The minimum atomic E-state index is -4.78. The molecule has 0 aliphatic carbocycles. The van der Waals surface area contributed by atoms with E-state index in [9.17, 15) is 45.0 Å². The molecule has 0 bridgehead atoms. The van der Waals surface area contributed by atoms with E-state index in [0.29, 0.717) is 31.7 Å². The predicted molar refractivity (Wildman–Crippen MR) is 139 cm³/mol. The monoisotopic (exact) mass is 604 g/mol. The third kappa shape index (κ3) is 11.1. The van der Waals surface area contributed by atoms with E-state index in [1.807, 2.05) is 0 Å². The van der Waals surface area contributed by atoms with Crippen molar-refractivity contribution < 1.29 is 45.0 Å². The van der Waals surface area contributed by atoms with Crippen LogP contribution in [0.5, 0.6) is 0 Å². The Morgan fingerprint density at radius 3 is 2.00 bits per heavy atom. The van der Waals surface area contributed by atoms with Gasteiger partial charge in [0.2, 0.25) is 0 Å². The van der Waals surface area contributed by atoms with Crippen LogP contribution in [0.4, 0.5) is 40.8 Å². The van der Waals surface area contributed by atoms with Gasteiger partial charge in [-0.1, -0.05) is 70.1 Å². The van der Waals surface area contributed by atoms with Crippen LogP contribution in [0.2, 0.25) is 0 Å². The molecular weight excluding hydrogens is 568 g/mol. The molecule has 40 heavy (non-hydrogen) atoms. The van der Waals surface area contributed by atoms with Gasteiger partial charge in [0.15, 0.2) is 6.17 Å². The molecule has 228 valence electrons. The zero-order chi connectivity index (χ0) is 30.6. The van der Waals surface area contributed by atoms with Crippen LogP contribution in [0.25, 0.3) is 0 Å². The molecule has 0 heterocycles. The molecule has 0 radical (unpaired) electrons. The largest absolute Gasteiger partial charge is 0.417 e. The normalized spacial score (nSPS) is 14.8. The number of rotatable bonds is 18. The summed E-state index contributed by atoms with van der Waals surface area (Å²) in [6.45, 7) is 2.36. The van der Waals surface area contributed by atoms with Crippen molar-refractivity contribution in [2.75, 3.05) is 11.1 Å². The van der Waals surface area contributed by atoms with E-state index < -0.39 is 52.6 Å². The van der Waals surface area contributed by atoms with Gasteiger partial charge in [0, 0.05) is 5.69 Å². The van der Waals surface area contributed by atoms with Gasteiger partial charge in [-0.2, -0.15) is 36.0 Å². The number of carbonyl (C=O) groups is 1. The molecule has 0 fully saturated rings. The average Bonchev–Trinajstić information content (AvgIpc) is 2.87. The molecule has 0 aliphatic rings. The lowest BCUT2D eigenvalue weighted by Gasteiger charge is -2.28. The number of hydrogen-bond donors (Lipinski definition) is 2. The first-order chi connectivity index (χ1) is 18.5. The second-order valence-electron chi connectivity index (χ2n) is 9.89. The minimum Gasteiger partial charge on any atom is -0.380 e. The van der Waals surface area contributed by atoms with Crippen LogP contribution in [0.1, 0.15) is 95.6 Å². The summed E-state index contributed by atoms with van der Waals surface area (Å²) in [5, 5.41) is 17.1. The van der Waals surface area contributed by atoms with Crippen molar-refractivity contribution >= 4 is 23.4 Å². The molecule has 0 spiro atoms. The lowest BCUT2D eigenvalue weighted by atomic mass is 9.96. The summed E-state index contributed by atoms with van der Waals surface area (Å²) in [5.41, 5.74) is -3.77. The fourth-order valence-corrected chi connectivity index (χ4v) is 4.80.